The maximum absolute atomic E-state index is 12.2. The molecule has 0 radical (unpaired) electrons. The summed E-state index contributed by atoms with van der Waals surface area (Å²) in [5, 5.41) is 20.8. The molecule has 3 N–H and O–H groups in total. The van der Waals surface area contributed by atoms with Crippen LogP contribution in [0.5, 0.6) is 0 Å². The van der Waals surface area contributed by atoms with Crippen LogP contribution >= 0.6 is 0 Å². The lowest BCUT2D eigenvalue weighted by atomic mass is 10.00. The van der Waals surface area contributed by atoms with Crippen molar-refractivity contribution in [3.8, 4) is 0 Å². The molecule has 20 heavy (non-hydrogen) atoms. The summed E-state index contributed by atoms with van der Waals surface area (Å²) < 4.78 is 0. The molecule has 2 amide bonds. The third-order valence-corrected chi connectivity index (χ3v) is 3.65. The summed E-state index contributed by atoms with van der Waals surface area (Å²) >= 11 is 0. The number of amides is 2. The predicted molar refractivity (Wildman–Crippen MR) is 75.5 cm³/mol. The van der Waals surface area contributed by atoms with Crippen LogP contribution in [0.15, 0.2) is 0 Å². The van der Waals surface area contributed by atoms with E-state index in [0.29, 0.717) is 19.4 Å². The Labute approximate surface area is 120 Å². The lowest BCUT2D eigenvalue weighted by Gasteiger charge is -2.36. The second-order valence-electron chi connectivity index (χ2n) is 5.83. The maximum Gasteiger partial charge on any atom is 0.326 e. The van der Waals surface area contributed by atoms with Gasteiger partial charge in [0.1, 0.15) is 6.04 Å². The summed E-state index contributed by atoms with van der Waals surface area (Å²) in [5.74, 6) is -0.797. The van der Waals surface area contributed by atoms with Crippen molar-refractivity contribution in [1.82, 2.24) is 10.2 Å². The minimum Gasteiger partial charge on any atom is -0.480 e. The molecule has 1 saturated heterocycles. The van der Waals surface area contributed by atoms with Gasteiger partial charge in [-0.3, -0.25) is 0 Å². The zero-order chi connectivity index (χ0) is 15.1. The summed E-state index contributed by atoms with van der Waals surface area (Å²) in [7, 11) is 0. The number of nitrogens with one attached hydrogen (secondary N) is 1. The molecule has 1 rings (SSSR count). The van der Waals surface area contributed by atoms with Gasteiger partial charge in [-0.05, 0) is 38.0 Å². The molecule has 1 heterocycles. The number of aliphatic hydroxyl groups is 1. The molecule has 0 spiro atoms. The van der Waals surface area contributed by atoms with E-state index in [1.807, 2.05) is 13.8 Å². The molecule has 0 bridgehead atoms. The van der Waals surface area contributed by atoms with Gasteiger partial charge in [0.2, 0.25) is 0 Å². The topological polar surface area (TPSA) is 89.9 Å². The van der Waals surface area contributed by atoms with Crippen LogP contribution in [0.25, 0.3) is 0 Å². The number of urea groups is 1. The minimum atomic E-state index is -0.997. The highest BCUT2D eigenvalue weighted by molar-refractivity contribution is 5.82. The lowest BCUT2D eigenvalue weighted by Crippen LogP contribution is -2.53. The van der Waals surface area contributed by atoms with Gasteiger partial charge in [0.05, 0.1) is 0 Å². The van der Waals surface area contributed by atoms with Gasteiger partial charge in [-0.1, -0.05) is 13.8 Å². The molecule has 1 aliphatic rings. The van der Waals surface area contributed by atoms with E-state index in [2.05, 4.69) is 5.32 Å². The number of hydrogen-bond donors (Lipinski definition) is 3. The number of carboxylic acids is 1. The van der Waals surface area contributed by atoms with Crippen molar-refractivity contribution in [2.24, 2.45) is 5.92 Å². The fraction of sp³-hybridized carbons (Fsp3) is 0.857. The quantitative estimate of drug-likeness (QED) is 0.689. The zero-order valence-corrected chi connectivity index (χ0v) is 12.3. The van der Waals surface area contributed by atoms with Crippen molar-refractivity contribution in [1.29, 1.82) is 0 Å². The van der Waals surface area contributed by atoms with Gasteiger partial charge in [-0.25, -0.2) is 9.59 Å². The molecule has 1 fully saturated rings. The molecule has 0 saturated carbocycles. The van der Waals surface area contributed by atoms with Crippen LogP contribution in [0.1, 0.15) is 46.0 Å². The minimum absolute atomic E-state index is 0.0160. The van der Waals surface area contributed by atoms with Crippen molar-refractivity contribution in [3.63, 3.8) is 0 Å². The Morgan fingerprint density at radius 1 is 1.35 bits per heavy atom. The van der Waals surface area contributed by atoms with Gasteiger partial charge in [0.15, 0.2) is 0 Å². The lowest BCUT2D eigenvalue weighted by molar-refractivity contribution is -0.139. The van der Waals surface area contributed by atoms with E-state index in [1.165, 1.54) is 0 Å². The van der Waals surface area contributed by atoms with Crippen LogP contribution in [-0.4, -0.2) is 52.3 Å². The fourth-order valence-electron chi connectivity index (χ4n) is 2.64. The maximum atomic E-state index is 12.2. The van der Waals surface area contributed by atoms with Crippen LogP contribution in [-0.2, 0) is 4.79 Å². The van der Waals surface area contributed by atoms with Crippen molar-refractivity contribution in [2.45, 2.75) is 58.0 Å². The number of likely N-dealkylation sites (tertiary alicyclic amines) is 1. The molecule has 116 valence electrons. The van der Waals surface area contributed by atoms with E-state index in [0.717, 1.165) is 19.3 Å². The third kappa shape index (κ3) is 5.00. The molecule has 0 aromatic rings. The van der Waals surface area contributed by atoms with Crippen molar-refractivity contribution >= 4 is 12.0 Å². The number of nitrogens with zero attached hydrogens (tertiary/aromatic N) is 1. The molecule has 2 atom stereocenters. The highest BCUT2D eigenvalue weighted by atomic mass is 16.4. The third-order valence-electron chi connectivity index (χ3n) is 3.65. The Morgan fingerprint density at radius 3 is 2.60 bits per heavy atom. The molecule has 6 heteroatoms. The van der Waals surface area contributed by atoms with E-state index in [1.54, 1.807) is 4.90 Å². The summed E-state index contributed by atoms with van der Waals surface area (Å²) in [6.45, 7) is 4.53. The molecule has 0 aromatic carbocycles. The largest absolute Gasteiger partial charge is 0.480 e. The normalized spacial score (nSPS) is 20.8. The number of rotatable bonds is 6. The Kier molecular flexibility index (Phi) is 6.78. The molecule has 0 aliphatic carbocycles. The summed E-state index contributed by atoms with van der Waals surface area (Å²) in [6.07, 6.45) is 3.81. The number of piperidine rings is 1. The highest BCUT2D eigenvalue weighted by Crippen LogP contribution is 2.19. The van der Waals surface area contributed by atoms with E-state index in [-0.39, 0.29) is 24.6 Å². The monoisotopic (exact) mass is 286 g/mol. The molecular weight excluding hydrogens is 260 g/mol. The van der Waals surface area contributed by atoms with Crippen LogP contribution < -0.4 is 5.32 Å². The second-order valence-corrected chi connectivity index (χ2v) is 5.83. The predicted octanol–water partition coefficient (Wildman–Crippen LogP) is 1.43. The average Bonchev–Trinajstić information content (AvgIpc) is 2.38. The van der Waals surface area contributed by atoms with E-state index in [9.17, 15) is 9.59 Å². The van der Waals surface area contributed by atoms with Gasteiger partial charge in [0.25, 0.3) is 0 Å². The summed E-state index contributed by atoms with van der Waals surface area (Å²) in [5.41, 5.74) is 0. The molecule has 1 aliphatic heterocycles. The second kappa shape index (κ2) is 8.09. The number of hydrogen-bond acceptors (Lipinski definition) is 3. The number of aliphatic hydroxyl groups excluding tert-OH is 1. The van der Waals surface area contributed by atoms with Crippen molar-refractivity contribution in [2.75, 3.05) is 13.2 Å². The summed E-state index contributed by atoms with van der Waals surface area (Å²) in [4.78, 5) is 25.1. The first-order valence-electron chi connectivity index (χ1n) is 7.36. The zero-order valence-electron chi connectivity index (χ0n) is 12.3. The molecule has 1 unspecified atom stereocenters. The number of carbonyl (C=O) groups is 2. The molecule has 0 aromatic heterocycles. The highest BCUT2D eigenvalue weighted by Gasteiger charge is 2.29. The van der Waals surface area contributed by atoms with Gasteiger partial charge in [-0.15, -0.1) is 0 Å². The number of carboxylic acid groups (broad SMARTS) is 1. The first-order chi connectivity index (χ1) is 9.45. The Balaban J connectivity index is 2.63. The number of carbonyl (C=O) groups excluding carboxylic acids is 1. The Morgan fingerprint density at radius 2 is 2.05 bits per heavy atom. The van der Waals surface area contributed by atoms with Gasteiger partial charge < -0.3 is 20.4 Å². The van der Waals surface area contributed by atoms with Crippen molar-refractivity contribution < 1.29 is 19.8 Å². The van der Waals surface area contributed by atoms with E-state index >= 15 is 0 Å². The van der Waals surface area contributed by atoms with Crippen LogP contribution in [0.4, 0.5) is 4.79 Å². The van der Waals surface area contributed by atoms with Gasteiger partial charge in [-0.2, -0.15) is 0 Å². The summed E-state index contributed by atoms with van der Waals surface area (Å²) in [6, 6.07) is -1.15. The first kappa shape index (κ1) is 16.8. The molecule has 6 nitrogen and oxygen atoms in total. The Hall–Kier alpha value is -1.30. The van der Waals surface area contributed by atoms with Gasteiger partial charge >= 0.3 is 12.0 Å². The standard InChI is InChI=1S/C14H26N2O4/c1-10(2)9-12(13(18)19)15-14(20)16-7-4-3-5-11(16)6-8-17/h10-12,17H,3-9H2,1-2H3,(H,15,20)(H,18,19)/t11?,12-/m0/s1. The van der Waals surface area contributed by atoms with Crippen LogP contribution in [0.2, 0.25) is 0 Å². The number of aliphatic carboxylic acids is 1. The van der Waals surface area contributed by atoms with E-state index < -0.39 is 12.0 Å². The van der Waals surface area contributed by atoms with Crippen molar-refractivity contribution in [3.05, 3.63) is 0 Å². The van der Waals surface area contributed by atoms with Gasteiger partial charge in [0, 0.05) is 19.2 Å². The van der Waals surface area contributed by atoms with Crippen LogP contribution in [0.3, 0.4) is 0 Å². The smallest absolute Gasteiger partial charge is 0.326 e. The SMILES string of the molecule is CC(C)C[C@H](NC(=O)N1CCCCC1CCO)C(=O)O. The average molecular weight is 286 g/mol. The van der Waals surface area contributed by atoms with Crippen LogP contribution in [0, 0.1) is 5.92 Å². The molecular formula is C14H26N2O4. The fourth-order valence-corrected chi connectivity index (χ4v) is 2.64. The van der Waals surface area contributed by atoms with E-state index in [4.69, 9.17) is 10.2 Å². The first-order valence-corrected chi connectivity index (χ1v) is 7.36. The Bertz CT molecular complexity index is 331.